The number of alkyl halides is 3. The smallest absolute Gasteiger partial charge is 0.416 e. The average Bonchev–Trinajstić information content (AvgIpc) is 3.17. The second kappa shape index (κ2) is 7.02. The lowest BCUT2D eigenvalue weighted by atomic mass is 10.2. The molecule has 154 valence electrons. The monoisotopic (exact) mass is 434 g/mol. The fraction of sp³-hybridized carbons (Fsp3) is 0.0526. The number of aromatic hydroxyl groups is 1. The highest BCUT2D eigenvalue weighted by molar-refractivity contribution is 7.92. The standard InChI is InChI=1S/C19H13F3N4O3S/c20-19(21,22)13-3-5-14(6-4-13)30(28,29)25-18-8-7-17(27)16-10-15(24-26(16)18)12-2-1-9-23-11-12/h1-11,25,27H. The summed E-state index contributed by atoms with van der Waals surface area (Å²) in [6, 6.07) is 10.7. The van der Waals surface area contributed by atoms with Gasteiger partial charge >= 0.3 is 6.18 Å². The quantitative estimate of drug-likeness (QED) is 0.508. The third-order valence-corrected chi connectivity index (χ3v) is 5.66. The van der Waals surface area contributed by atoms with Gasteiger partial charge < -0.3 is 5.11 Å². The highest BCUT2D eigenvalue weighted by atomic mass is 32.2. The number of hydrogen-bond acceptors (Lipinski definition) is 5. The van der Waals surface area contributed by atoms with Crippen LogP contribution in [0.25, 0.3) is 16.8 Å². The van der Waals surface area contributed by atoms with Crippen LogP contribution in [0.15, 0.2) is 71.9 Å². The molecule has 2 N–H and O–H groups in total. The second-order valence-corrected chi connectivity index (χ2v) is 7.98. The molecule has 7 nitrogen and oxygen atoms in total. The molecule has 3 aromatic heterocycles. The van der Waals surface area contributed by atoms with Crippen molar-refractivity contribution >= 4 is 21.4 Å². The van der Waals surface area contributed by atoms with Crippen molar-refractivity contribution in [3.63, 3.8) is 0 Å². The summed E-state index contributed by atoms with van der Waals surface area (Å²) < 4.78 is 66.9. The molecule has 0 amide bonds. The number of anilines is 1. The predicted molar refractivity (Wildman–Crippen MR) is 102 cm³/mol. The lowest BCUT2D eigenvalue weighted by Gasteiger charge is -2.11. The molecule has 0 bridgehead atoms. The highest BCUT2D eigenvalue weighted by Gasteiger charge is 2.30. The van der Waals surface area contributed by atoms with E-state index in [1.165, 1.54) is 16.6 Å². The normalized spacial score (nSPS) is 12.2. The van der Waals surface area contributed by atoms with E-state index in [1.54, 1.807) is 30.6 Å². The van der Waals surface area contributed by atoms with Gasteiger partial charge in [0.2, 0.25) is 0 Å². The summed E-state index contributed by atoms with van der Waals surface area (Å²) in [7, 11) is -4.21. The van der Waals surface area contributed by atoms with Gasteiger partial charge in [0.1, 0.15) is 17.1 Å². The van der Waals surface area contributed by atoms with Crippen molar-refractivity contribution in [2.75, 3.05) is 4.72 Å². The Hall–Kier alpha value is -3.60. The number of halogens is 3. The van der Waals surface area contributed by atoms with Gasteiger partial charge in [0.25, 0.3) is 10.0 Å². The molecule has 4 aromatic rings. The molecule has 4 rings (SSSR count). The van der Waals surface area contributed by atoms with Gasteiger partial charge in [-0.15, -0.1) is 0 Å². The highest BCUT2D eigenvalue weighted by Crippen LogP contribution is 2.31. The number of aromatic nitrogens is 3. The zero-order chi connectivity index (χ0) is 21.5. The van der Waals surface area contributed by atoms with E-state index in [-0.39, 0.29) is 22.0 Å². The maximum absolute atomic E-state index is 12.7. The number of sulfonamides is 1. The van der Waals surface area contributed by atoms with Gasteiger partial charge in [0, 0.05) is 18.0 Å². The Morgan fingerprint density at radius 2 is 1.77 bits per heavy atom. The number of pyridine rings is 2. The number of benzene rings is 1. The molecule has 0 fully saturated rings. The molecule has 0 aliphatic rings. The molecule has 0 unspecified atom stereocenters. The lowest BCUT2D eigenvalue weighted by molar-refractivity contribution is -0.137. The zero-order valence-electron chi connectivity index (χ0n) is 15.0. The zero-order valence-corrected chi connectivity index (χ0v) is 15.8. The van der Waals surface area contributed by atoms with E-state index in [0.717, 1.165) is 12.1 Å². The number of hydrogen-bond donors (Lipinski definition) is 2. The fourth-order valence-electron chi connectivity index (χ4n) is 2.81. The van der Waals surface area contributed by atoms with E-state index >= 15 is 0 Å². The molecule has 0 aliphatic carbocycles. The number of rotatable bonds is 4. The van der Waals surface area contributed by atoms with Gasteiger partial charge in [-0.1, -0.05) is 0 Å². The van der Waals surface area contributed by atoms with Crippen molar-refractivity contribution in [3.05, 3.63) is 72.6 Å². The molecule has 11 heteroatoms. The largest absolute Gasteiger partial charge is 0.506 e. The SMILES string of the molecule is O=S(=O)(Nc1ccc(O)c2cc(-c3cccnc3)nn12)c1ccc(C(F)(F)F)cc1. The van der Waals surface area contributed by atoms with Crippen LogP contribution >= 0.6 is 0 Å². The lowest BCUT2D eigenvalue weighted by Crippen LogP contribution is -2.16. The van der Waals surface area contributed by atoms with E-state index in [1.807, 2.05) is 0 Å². The number of nitrogens with zero attached hydrogens (tertiary/aromatic N) is 3. The Morgan fingerprint density at radius 3 is 2.40 bits per heavy atom. The van der Waals surface area contributed by atoms with Crippen LogP contribution in [-0.4, -0.2) is 28.1 Å². The van der Waals surface area contributed by atoms with Gasteiger partial charge in [0.05, 0.1) is 16.2 Å². The molecule has 1 aromatic carbocycles. The summed E-state index contributed by atoms with van der Waals surface area (Å²) in [4.78, 5) is 3.65. The molecule has 0 spiro atoms. The van der Waals surface area contributed by atoms with Crippen LogP contribution in [0.5, 0.6) is 5.75 Å². The van der Waals surface area contributed by atoms with E-state index in [9.17, 15) is 26.7 Å². The molecule has 0 saturated carbocycles. The Labute approximate surface area is 168 Å². The van der Waals surface area contributed by atoms with Gasteiger partial charge in [-0.05, 0) is 54.6 Å². The van der Waals surface area contributed by atoms with Crippen molar-refractivity contribution in [3.8, 4) is 17.0 Å². The van der Waals surface area contributed by atoms with Crippen LogP contribution in [0.4, 0.5) is 19.0 Å². The van der Waals surface area contributed by atoms with Crippen LogP contribution in [-0.2, 0) is 16.2 Å². The van der Waals surface area contributed by atoms with Crippen molar-refractivity contribution < 1.29 is 26.7 Å². The maximum Gasteiger partial charge on any atom is 0.416 e. The minimum absolute atomic E-state index is 0.00200. The number of fused-ring (bicyclic) bond motifs is 1. The first-order valence-corrected chi connectivity index (χ1v) is 9.96. The number of nitrogens with one attached hydrogen (secondary N) is 1. The Balaban J connectivity index is 1.73. The minimum atomic E-state index is -4.57. The molecule has 0 radical (unpaired) electrons. The summed E-state index contributed by atoms with van der Waals surface area (Å²) in [6.45, 7) is 0. The predicted octanol–water partition coefficient (Wildman–Crippen LogP) is 3.92. The Morgan fingerprint density at radius 1 is 1.03 bits per heavy atom. The summed E-state index contributed by atoms with van der Waals surface area (Å²) >= 11 is 0. The van der Waals surface area contributed by atoms with Crippen LogP contribution in [0.3, 0.4) is 0 Å². The first-order valence-electron chi connectivity index (χ1n) is 8.47. The average molecular weight is 434 g/mol. The summed E-state index contributed by atoms with van der Waals surface area (Å²) in [5.41, 5.74) is 0.375. The molecule has 0 atom stereocenters. The van der Waals surface area contributed by atoms with Crippen LogP contribution in [0, 0.1) is 0 Å². The fourth-order valence-corrected chi connectivity index (χ4v) is 3.86. The summed E-state index contributed by atoms with van der Waals surface area (Å²) in [5.74, 6) is -0.132. The molecular weight excluding hydrogens is 421 g/mol. The van der Waals surface area contributed by atoms with Crippen molar-refractivity contribution in [2.24, 2.45) is 0 Å². The summed E-state index contributed by atoms with van der Waals surface area (Å²) in [5, 5.41) is 14.4. The third-order valence-electron chi connectivity index (χ3n) is 4.29. The third kappa shape index (κ3) is 3.66. The molecule has 3 heterocycles. The van der Waals surface area contributed by atoms with Gasteiger partial charge in [-0.25, -0.2) is 12.9 Å². The van der Waals surface area contributed by atoms with Crippen molar-refractivity contribution in [1.82, 2.24) is 14.6 Å². The van der Waals surface area contributed by atoms with Gasteiger partial charge in [-0.2, -0.15) is 18.3 Å². The summed E-state index contributed by atoms with van der Waals surface area (Å²) in [6.07, 6.45) is -1.43. The van der Waals surface area contributed by atoms with Gasteiger partial charge in [-0.3, -0.25) is 9.71 Å². The van der Waals surface area contributed by atoms with Gasteiger partial charge in [0.15, 0.2) is 0 Å². The second-order valence-electron chi connectivity index (χ2n) is 6.30. The van der Waals surface area contributed by atoms with Crippen molar-refractivity contribution in [2.45, 2.75) is 11.1 Å². The van der Waals surface area contributed by atoms with E-state index in [0.29, 0.717) is 23.4 Å². The topological polar surface area (TPSA) is 96.6 Å². The van der Waals surface area contributed by atoms with E-state index in [4.69, 9.17) is 0 Å². The molecule has 0 saturated heterocycles. The maximum atomic E-state index is 12.7. The van der Waals surface area contributed by atoms with Crippen LogP contribution in [0.1, 0.15) is 5.56 Å². The molecule has 0 aliphatic heterocycles. The Bertz CT molecular complexity index is 1320. The first kappa shape index (κ1) is 19.7. The molecular formula is C19H13F3N4O3S. The first-order chi connectivity index (χ1) is 14.1. The molecule has 30 heavy (non-hydrogen) atoms. The van der Waals surface area contributed by atoms with E-state index < -0.39 is 21.8 Å². The van der Waals surface area contributed by atoms with Crippen molar-refractivity contribution in [1.29, 1.82) is 0 Å². The minimum Gasteiger partial charge on any atom is -0.506 e. The van der Waals surface area contributed by atoms with Crippen LogP contribution in [0.2, 0.25) is 0 Å². The Kier molecular flexibility index (Phi) is 4.61. The van der Waals surface area contributed by atoms with E-state index in [2.05, 4.69) is 14.8 Å². The van der Waals surface area contributed by atoms with Crippen LogP contribution < -0.4 is 4.72 Å².